The minimum atomic E-state index is -5.31. The second-order valence-electron chi connectivity index (χ2n) is 4.46. The lowest BCUT2D eigenvalue weighted by atomic mass is 9.83. The van der Waals surface area contributed by atoms with Crippen LogP contribution in [0.4, 0.5) is 13.2 Å². The molecule has 4 nitrogen and oxygen atoms in total. The molecule has 0 saturated heterocycles. The molecule has 1 unspecified atom stereocenters. The van der Waals surface area contributed by atoms with E-state index in [1.165, 1.54) is 0 Å². The van der Waals surface area contributed by atoms with Crippen molar-refractivity contribution >= 4 is 15.8 Å². The highest BCUT2D eigenvalue weighted by molar-refractivity contribution is 7.90. The van der Waals surface area contributed by atoms with Gasteiger partial charge in [0.15, 0.2) is 0 Å². The van der Waals surface area contributed by atoms with E-state index in [-0.39, 0.29) is 18.1 Å². The maximum atomic E-state index is 12.3. The third-order valence-electron chi connectivity index (χ3n) is 3.21. The van der Waals surface area contributed by atoms with Crippen molar-refractivity contribution in [3.63, 3.8) is 0 Å². The molecule has 1 fully saturated rings. The number of alkyl halides is 3. The Balaban J connectivity index is 2.71. The Morgan fingerprint density at radius 2 is 1.83 bits per heavy atom. The molecule has 106 valence electrons. The van der Waals surface area contributed by atoms with E-state index in [1.54, 1.807) is 11.6 Å². The Morgan fingerprint density at radius 3 is 2.22 bits per heavy atom. The first kappa shape index (κ1) is 15.4. The Labute approximate surface area is 104 Å². The van der Waals surface area contributed by atoms with E-state index in [1.807, 2.05) is 0 Å². The highest BCUT2D eigenvalue weighted by Crippen LogP contribution is 2.29. The van der Waals surface area contributed by atoms with Crippen LogP contribution in [0.3, 0.4) is 0 Å². The van der Waals surface area contributed by atoms with Crippen LogP contribution >= 0.6 is 0 Å². The largest absolute Gasteiger partial charge is 0.511 e. The SMILES string of the molecule is CCC(NS(=O)(=O)C(F)(F)F)C1CCC(=O)CC1. The molecule has 0 spiro atoms. The molecule has 0 radical (unpaired) electrons. The van der Waals surface area contributed by atoms with E-state index < -0.39 is 21.6 Å². The lowest BCUT2D eigenvalue weighted by Crippen LogP contribution is -2.46. The molecule has 0 amide bonds. The standard InChI is InChI=1S/C10H16F3NO3S/c1-2-9(7-3-5-8(15)6-4-7)14-18(16,17)10(11,12)13/h7,9,14H,2-6H2,1H3. The van der Waals surface area contributed by atoms with Crippen LogP contribution in [0.5, 0.6) is 0 Å². The molecule has 8 heteroatoms. The fourth-order valence-corrected chi connectivity index (χ4v) is 3.03. The summed E-state index contributed by atoms with van der Waals surface area (Å²) in [5, 5.41) is 0. The molecule has 18 heavy (non-hydrogen) atoms. The van der Waals surface area contributed by atoms with E-state index in [9.17, 15) is 26.4 Å². The minimum Gasteiger partial charge on any atom is -0.300 e. The van der Waals surface area contributed by atoms with Gasteiger partial charge in [-0.2, -0.15) is 13.2 Å². The van der Waals surface area contributed by atoms with Crippen LogP contribution in [-0.2, 0) is 14.8 Å². The van der Waals surface area contributed by atoms with E-state index in [0.29, 0.717) is 25.7 Å². The van der Waals surface area contributed by atoms with Crippen molar-refractivity contribution in [2.75, 3.05) is 0 Å². The highest BCUT2D eigenvalue weighted by Gasteiger charge is 2.47. The molecule has 0 aromatic carbocycles. The van der Waals surface area contributed by atoms with Crippen molar-refractivity contribution in [1.29, 1.82) is 0 Å². The van der Waals surface area contributed by atoms with Crippen molar-refractivity contribution in [2.45, 2.75) is 50.6 Å². The molecule has 0 heterocycles. The molecule has 1 rings (SSSR count). The van der Waals surface area contributed by atoms with Crippen LogP contribution in [0.1, 0.15) is 39.0 Å². The van der Waals surface area contributed by atoms with Gasteiger partial charge in [0, 0.05) is 18.9 Å². The summed E-state index contributed by atoms with van der Waals surface area (Å²) in [4.78, 5) is 11.0. The van der Waals surface area contributed by atoms with Gasteiger partial charge in [-0.1, -0.05) is 6.92 Å². The van der Waals surface area contributed by atoms with Crippen LogP contribution < -0.4 is 4.72 Å². The smallest absolute Gasteiger partial charge is 0.300 e. The number of carbonyl (C=O) groups excluding carboxylic acids is 1. The predicted octanol–water partition coefficient (Wildman–Crippen LogP) is 1.96. The third kappa shape index (κ3) is 3.68. The van der Waals surface area contributed by atoms with Gasteiger partial charge in [-0.25, -0.2) is 13.1 Å². The minimum absolute atomic E-state index is 0.0831. The molecule has 1 atom stereocenters. The Morgan fingerprint density at radius 1 is 1.33 bits per heavy atom. The zero-order valence-electron chi connectivity index (χ0n) is 9.96. The first-order valence-electron chi connectivity index (χ1n) is 5.77. The fourth-order valence-electron chi connectivity index (χ4n) is 2.14. The van der Waals surface area contributed by atoms with Gasteiger partial charge in [-0.05, 0) is 25.2 Å². The number of ketones is 1. The maximum Gasteiger partial charge on any atom is 0.511 e. The van der Waals surface area contributed by atoms with Crippen molar-refractivity contribution in [3.8, 4) is 0 Å². The van der Waals surface area contributed by atoms with Crippen molar-refractivity contribution < 1.29 is 26.4 Å². The summed E-state index contributed by atoms with van der Waals surface area (Å²) in [6, 6.07) is -0.760. The quantitative estimate of drug-likeness (QED) is 0.859. The number of carbonyl (C=O) groups is 1. The molecule has 0 bridgehead atoms. The molecule has 0 aliphatic heterocycles. The van der Waals surface area contributed by atoms with Gasteiger partial charge in [0.2, 0.25) is 0 Å². The summed E-state index contributed by atoms with van der Waals surface area (Å²) in [6.07, 6.45) is 1.79. The van der Waals surface area contributed by atoms with E-state index >= 15 is 0 Å². The molecular weight excluding hydrogens is 271 g/mol. The monoisotopic (exact) mass is 287 g/mol. The van der Waals surface area contributed by atoms with Gasteiger partial charge < -0.3 is 0 Å². The predicted molar refractivity (Wildman–Crippen MR) is 59.2 cm³/mol. The second-order valence-corrected chi connectivity index (χ2v) is 6.16. The van der Waals surface area contributed by atoms with Crippen molar-refractivity contribution in [3.05, 3.63) is 0 Å². The molecule has 1 N–H and O–H groups in total. The first-order valence-corrected chi connectivity index (χ1v) is 7.26. The molecule has 0 aromatic heterocycles. The Bertz CT molecular complexity index is 395. The topological polar surface area (TPSA) is 63.2 Å². The number of halogens is 3. The lowest BCUT2D eigenvalue weighted by molar-refractivity contribution is -0.121. The Hall–Kier alpha value is -0.630. The van der Waals surface area contributed by atoms with Crippen LogP contribution in [0, 0.1) is 5.92 Å². The first-order chi connectivity index (χ1) is 8.17. The molecular formula is C10H16F3NO3S. The van der Waals surface area contributed by atoms with Crippen LogP contribution in [0.15, 0.2) is 0 Å². The molecule has 1 saturated carbocycles. The second kappa shape index (κ2) is 5.56. The number of Topliss-reactive ketones (excluding diaryl/α,β-unsaturated/α-hetero) is 1. The van der Waals surface area contributed by atoms with Gasteiger partial charge in [-0.3, -0.25) is 4.79 Å². The highest BCUT2D eigenvalue weighted by atomic mass is 32.2. The summed E-state index contributed by atoms with van der Waals surface area (Å²) in [5.74, 6) is -0.121. The van der Waals surface area contributed by atoms with Crippen molar-refractivity contribution in [2.24, 2.45) is 5.92 Å². The summed E-state index contributed by atoms with van der Waals surface area (Å²) >= 11 is 0. The summed E-state index contributed by atoms with van der Waals surface area (Å²) < 4.78 is 60.5. The van der Waals surface area contributed by atoms with E-state index in [4.69, 9.17) is 0 Å². The summed E-state index contributed by atoms with van der Waals surface area (Å²) in [7, 11) is -5.31. The number of hydrogen-bond donors (Lipinski definition) is 1. The molecule has 0 aromatic rings. The van der Waals surface area contributed by atoms with Crippen LogP contribution in [0.2, 0.25) is 0 Å². The normalized spacial score (nSPS) is 21.0. The zero-order chi connectivity index (χ0) is 14.0. The number of rotatable bonds is 4. The van der Waals surface area contributed by atoms with Gasteiger partial charge in [-0.15, -0.1) is 0 Å². The lowest BCUT2D eigenvalue weighted by Gasteiger charge is -2.29. The molecule has 1 aliphatic carbocycles. The fraction of sp³-hybridized carbons (Fsp3) is 0.900. The number of sulfonamides is 1. The summed E-state index contributed by atoms with van der Waals surface area (Å²) in [6.45, 7) is 1.62. The van der Waals surface area contributed by atoms with Gasteiger partial charge in [0.05, 0.1) is 0 Å². The average molecular weight is 287 g/mol. The Kier molecular flexibility index (Phi) is 4.77. The van der Waals surface area contributed by atoms with Gasteiger partial charge >= 0.3 is 15.5 Å². The summed E-state index contributed by atoms with van der Waals surface area (Å²) in [5.41, 5.74) is -5.29. The van der Waals surface area contributed by atoms with Gasteiger partial charge in [0.25, 0.3) is 0 Å². The van der Waals surface area contributed by atoms with Gasteiger partial charge in [0.1, 0.15) is 5.78 Å². The van der Waals surface area contributed by atoms with Crippen LogP contribution in [0.25, 0.3) is 0 Å². The van der Waals surface area contributed by atoms with E-state index in [2.05, 4.69) is 0 Å². The zero-order valence-corrected chi connectivity index (χ0v) is 10.8. The molecule has 1 aliphatic rings. The maximum absolute atomic E-state index is 12.3. The number of nitrogens with one attached hydrogen (secondary N) is 1. The van der Waals surface area contributed by atoms with E-state index in [0.717, 1.165) is 0 Å². The van der Waals surface area contributed by atoms with Crippen molar-refractivity contribution in [1.82, 2.24) is 4.72 Å². The third-order valence-corrected chi connectivity index (χ3v) is 4.43. The number of hydrogen-bond acceptors (Lipinski definition) is 3. The van der Waals surface area contributed by atoms with Crippen LogP contribution in [-0.4, -0.2) is 25.8 Å². The average Bonchev–Trinajstić information content (AvgIpc) is 2.25.